The number of nitrogens with zero attached hydrogens (tertiary/aromatic N) is 1. The molecule has 3 heteroatoms. The zero-order chi connectivity index (χ0) is 8.13. The van der Waals surface area contributed by atoms with Gasteiger partial charge in [-0.15, -0.1) is 0 Å². The molecule has 2 aliphatic heterocycles. The summed E-state index contributed by atoms with van der Waals surface area (Å²) in [5, 5.41) is 3.35. The van der Waals surface area contributed by atoms with Crippen molar-refractivity contribution in [2.45, 2.75) is 18.9 Å². The van der Waals surface area contributed by atoms with Crippen LogP contribution in [-0.4, -0.2) is 36.5 Å². The van der Waals surface area contributed by atoms with E-state index in [1.165, 1.54) is 0 Å². The highest BCUT2D eigenvalue weighted by molar-refractivity contribution is 5.79. The predicted octanol–water partition coefficient (Wildman–Crippen LogP) is -0.173. The van der Waals surface area contributed by atoms with E-state index < -0.39 is 0 Å². The van der Waals surface area contributed by atoms with Gasteiger partial charge < -0.3 is 10.2 Å². The van der Waals surface area contributed by atoms with Crippen LogP contribution in [0.1, 0.15) is 12.8 Å². The third-order valence-corrected chi connectivity index (χ3v) is 3.52. The molecule has 3 fully saturated rings. The van der Waals surface area contributed by atoms with Gasteiger partial charge in [0, 0.05) is 32.1 Å². The highest BCUT2D eigenvalue weighted by atomic mass is 16.2. The molecule has 0 radical (unpaired) electrons. The molecule has 2 atom stereocenters. The van der Waals surface area contributed by atoms with Crippen molar-refractivity contribution in [3.05, 3.63) is 0 Å². The summed E-state index contributed by atoms with van der Waals surface area (Å²) < 4.78 is 0. The SMILES string of the molecule is O=C1CCCN1C1C2CNCC21. The molecule has 66 valence electrons. The Bertz CT molecular complexity index is 219. The standard InChI is InChI=1S/C9H14N2O/c12-8-2-1-3-11(8)9-6-4-10-5-7(6)9/h6-7,9-10H,1-5H2. The van der Waals surface area contributed by atoms with Crippen LogP contribution in [-0.2, 0) is 4.79 Å². The lowest BCUT2D eigenvalue weighted by atomic mass is 10.4. The Hall–Kier alpha value is -0.570. The van der Waals surface area contributed by atoms with Crippen LogP contribution >= 0.6 is 0 Å². The first-order valence-electron chi connectivity index (χ1n) is 4.88. The van der Waals surface area contributed by atoms with E-state index >= 15 is 0 Å². The average Bonchev–Trinajstić information content (AvgIpc) is 2.56. The van der Waals surface area contributed by atoms with Crippen LogP contribution in [0.25, 0.3) is 0 Å². The molecule has 1 N–H and O–H groups in total. The first-order valence-corrected chi connectivity index (χ1v) is 4.88. The van der Waals surface area contributed by atoms with Crippen molar-refractivity contribution in [1.82, 2.24) is 10.2 Å². The topological polar surface area (TPSA) is 32.3 Å². The zero-order valence-electron chi connectivity index (χ0n) is 7.12. The minimum absolute atomic E-state index is 0.398. The number of fused-ring (bicyclic) bond motifs is 1. The Labute approximate surface area is 72.1 Å². The summed E-state index contributed by atoms with van der Waals surface area (Å²) in [5.41, 5.74) is 0. The number of hydrogen-bond acceptors (Lipinski definition) is 2. The van der Waals surface area contributed by atoms with Gasteiger partial charge in [-0.1, -0.05) is 0 Å². The number of likely N-dealkylation sites (tertiary alicyclic amines) is 1. The molecule has 3 nitrogen and oxygen atoms in total. The Morgan fingerprint density at radius 1 is 1.33 bits per heavy atom. The van der Waals surface area contributed by atoms with Crippen molar-refractivity contribution in [3.63, 3.8) is 0 Å². The lowest BCUT2D eigenvalue weighted by molar-refractivity contribution is -0.128. The van der Waals surface area contributed by atoms with Crippen molar-refractivity contribution >= 4 is 5.91 Å². The summed E-state index contributed by atoms with van der Waals surface area (Å²) in [6.07, 6.45) is 1.88. The van der Waals surface area contributed by atoms with Crippen LogP contribution in [0.5, 0.6) is 0 Å². The lowest BCUT2D eigenvalue weighted by Crippen LogP contribution is -2.33. The minimum atomic E-state index is 0.398. The molecule has 0 aromatic carbocycles. The lowest BCUT2D eigenvalue weighted by Gasteiger charge is -2.17. The Morgan fingerprint density at radius 3 is 2.67 bits per heavy atom. The monoisotopic (exact) mass is 166 g/mol. The largest absolute Gasteiger partial charge is 0.339 e. The van der Waals surface area contributed by atoms with Crippen molar-refractivity contribution in [3.8, 4) is 0 Å². The van der Waals surface area contributed by atoms with Gasteiger partial charge in [0.2, 0.25) is 5.91 Å². The van der Waals surface area contributed by atoms with Gasteiger partial charge in [0.25, 0.3) is 0 Å². The summed E-state index contributed by atoms with van der Waals surface area (Å²) >= 11 is 0. The molecular weight excluding hydrogens is 152 g/mol. The van der Waals surface area contributed by atoms with Crippen molar-refractivity contribution in [2.24, 2.45) is 11.8 Å². The van der Waals surface area contributed by atoms with E-state index in [2.05, 4.69) is 10.2 Å². The highest BCUT2D eigenvalue weighted by Crippen LogP contribution is 2.46. The Balaban J connectivity index is 1.71. The third kappa shape index (κ3) is 0.774. The molecule has 1 saturated carbocycles. The first kappa shape index (κ1) is 6.89. The summed E-state index contributed by atoms with van der Waals surface area (Å²) in [4.78, 5) is 13.5. The summed E-state index contributed by atoms with van der Waals surface area (Å²) in [6, 6.07) is 0.626. The third-order valence-electron chi connectivity index (χ3n) is 3.52. The van der Waals surface area contributed by atoms with E-state index in [-0.39, 0.29) is 0 Å². The average molecular weight is 166 g/mol. The molecule has 3 rings (SSSR count). The van der Waals surface area contributed by atoms with Crippen LogP contribution in [0.4, 0.5) is 0 Å². The number of piperidine rings is 1. The second-order valence-corrected chi connectivity index (χ2v) is 4.17. The number of hydrogen-bond donors (Lipinski definition) is 1. The second-order valence-electron chi connectivity index (χ2n) is 4.17. The molecule has 3 aliphatic rings. The fourth-order valence-electron chi connectivity index (χ4n) is 2.83. The van der Waals surface area contributed by atoms with E-state index in [0.717, 1.165) is 44.3 Å². The highest BCUT2D eigenvalue weighted by Gasteiger charge is 2.57. The molecule has 2 unspecified atom stereocenters. The van der Waals surface area contributed by atoms with Gasteiger partial charge in [-0.05, 0) is 18.3 Å². The van der Waals surface area contributed by atoms with E-state index in [1.807, 2.05) is 0 Å². The van der Waals surface area contributed by atoms with Gasteiger partial charge in [-0.3, -0.25) is 4.79 Å². The number of amides is 1. The molecule has 1 amide bonds. The number of carbonyl (C=O) groups excluding carboxylic acids is 1. The van der Waals surface area contributed by atoms with Crippen LogP contribution in [0, 0.1) is 11.8 Å². The minimum Gasteiger partial charge on any atom is -0.339 e. The Kier molecular flexibility index (Phi) is 1.28. The maximum atomic E-state index is 11.4. The summed E-state index contributed by atoms with van der Waals surface area (Å²) in [6.45, 7) is 3.30. The van der Waals surface area contributed by atoms with Gasteiger partial charge in [0.05, 0.1) is 0 Å². The van der Waals surface area contributed by atoms with E-state index in [9.17, 15) is 4.79 Å². The van der Waals surface area contributed by atoms with Crippen LogP contribution in [0.15, 0.2) is 0 Å². The maximum absolute atomic E-state index is 11.4. The van der Waals surface area contributed by atoms with Crippen molar-refractivity contribution < 1.29 is 4.79 Å². The molecular formula is C9H14N2O. The smallest absolute Gasteiger partial charge is 0.222 e. The van der Waals surface area contributed by atoms with Crippen LogP contribution < -0.4 is 5.32 Å². The van der Waals surface area contributed by atoms with Crippen molar-refractivity contribution in [1.29, 1.82) is 0 Å². The second kappa shape index (κ2) is 2.22. The van der Waals surface area contributed by atoms with E-state index in [0.29, 0.717) is 11.9 Å². The quantitative estimate of drug-likeness (QED) is 0.586. The zero-order valence-corrected chi connectivity index (χ0v) is 7.12. The molecule has 0 aromatic heterocycles. The normalized spacial score (nSPS) is 45.2. The summed E-state index contributed by atoms with van der Waals surface area (Å²) in [5.74, 6) is 1.99. The van der Waals surface area contributed by atoms with E-state index in [4.69, 9.17) is 0 Å². The van der Waals surface area contributed by atoms with Crippen LogP contribution in [0.2, 0.25) is 0 Å². The number of nitrogens with one attached hydrogen (secondary N) is 1. The first-order chi connectivity index (χ1) is 5.88. The molecule has 0 aromatic rings. The van der Waals surface area contributed by atoms with Crippen molar-refractivity contribution in [2.75, 3.05) is 19.6 Å². The summed E-state index contributed by atoms with van der Waals surface area (Å²) in [7, 11) is 0. The Morgan fingerprint density at radius 2 is 2.08 bits per heavy atom. The van der Waals surface area contributed by atoms with Gasteiger partial charge in [0.15, 0.2) is 0 Å². The molecule has 2 saturated heterocycles. The van der Waals surface area contributed by atoms with Gasteiger partial charge in [-0.25, -0.2) is 0 Å². The van der Waals surface area contributed by atoms with Gasteiger partial charge in [0.1, 0.15) is 0 Å². The molecule has 0 bridgehead atoms. The fourth-order valence-corrected chi connectivity index (χ4v) is 2.83. The number of carbonyl (C=O) groups is 1. The molecule has 2 heterocycles. The molecule has 0 spiro atoms. The predicted molar refractivity (Wildman–Crippen MR) is 44.6 cm³/mol. The van der Waals surface area contributed by atoms with E-state index in [1.54, 1.807) is 0 Å². The maximum Gasteiger partial charge on any atom is 0.222 e. The molecule has 12 heavy (non-hydrogen) atoms. The van der Waals surface area contributed by atoms with Crippen LogP contribution in [0.3, 0.4) is 0 Å². The molecule has 1 aliphatic carbocycles. The fraction of sp³-hybridized carbons (Fsp3) is 0.889. The van der Waals surface area contributed by atoms with Gasteiger partial charge in [-0.2, -0.15) is 0 Å². The number of rotatable bonds is 1. The van der Waals surface area contributed by atoms with Gasteiger partial charge >= 0.3 is 0 Å².